The standard InChI is InChI=1S/C22H29N/c1-17(2)9-8-10-18(3)15-16-23-21-13-6-4-11-19(21)20-12-5-7-14-22(20)23/h4-7,11-14,17-18H,8-10,15-16H2,1-3H3. The highest BCUT2D eigenvalue weighted by Crippen LogP contribution is 2.29. The van der Waals surface area contributed by atoms with Gasteiger partial charge in [0.25, 0.3) is 0 Å². The zero-order valence-electron chi connectivity index (χ0n) is 14.8. The molecule has 3 rings (SSSR count). The van der Waals surface area contributed by atoms with Crippen LogP contribution >= 0.6 is 0 Å². The van der Waals surface area contributed by atoms with E-state index in [1.54, 1.807) is 0 Å². The van der Waals surface area contributed by atoms with Crippen molar-refractivity contribution in [3.63, 3.8) is 0 Å². The Bertz CT molecular complexity index is 713. The van der Waals surface area contributed by atoms with Crippen LogP contribution in [-0.2, 0) is 6.54 Å². The predicted octanol–water partition coefficient (Wildman–Crippen LogP) is 6.65. The van der Waals surface area contributed by atoms with Crippen molar-refractivity contribution in [3.05, 3.63) is 48.5 Å². The molecule has 0 spiro atoms. The van der Waals surface area contributed by atoms with Crippen LogP contribution in [0.15, 0.2) is 48.5 Å². The van der Waals surface area contributed by atoms with E-state index < -0.39 is 0 Å². The van der Waals surface area contributed by atoms with E-state index in [0.29, 0.717) is 0 Å². The first-order valence-electron chi connectivity index (χ1n) is 9.12. The minimum atomic E-state index is 0.800. The summed E-state index contributed by atoms with van der Waals surface area (Å²) < 4.78 is 2.52. The number of hydrogen-bond donors (Lipinski definition) is 0. The maximum atomic E-state index is 2.52. The van der Waals surface area contributed by atoms with Crippen molar-refractivity contribution in [3.8, 4) is 0 Å². The Hall–Kier alpha value is -1.76. The smallest absolute Gasteiger partial charge is 0.0491 e. The van der Waals surface area contributed by atoms with Gasteiger partial charge in [0.05, 0.1) is 0 Å². The van der Waals surface area contributed by atoms with Crippen LogP contribution < -0.4 is 0 Å². The number of benzene rings is 2. The van der Waals surface area contributed by atoms with Gasteiger partial charge in [-0.15, -0.1) is 0 Å². The van der Waals surface area contributed by atoms with Gasteiger partial charge >= 0.3 is 0 Å². The minimum Gasteiger partial charge on any atom is -0.340 e. The molecule has 1 heteroatoms. The average Bonchev–Trinajstić information content (AvgIpc) is 2.87. The van der Waals surface area contributed by atoms with Gasteiger partial charge in [0.15, 0.2) is 0 Å². The van der Waals surface area contributed by atoms with Gasteiger partial charge in [0, 0.05) is 28.4 Å². The van der Waals surface area contributed by atoms with Gasteiger partial charge in [0.1, 0.15) is 0 Å². The van der Waals surface area contributed by atoms with Crippen LogP contribution in [0.5, 0.6) is 0 Å². The van der Waals surface area contributed by atoms with E-state index in [-0.39, 0.29) is 0 Å². The van der Waals surface area contributed by atoms with Crippen molar-refractivity contribution in [2.75, 3.05) is 0 Å². The summed E-state index contributed by atoms with van der Waals surface area (Å²) in [6.07, 6.45) is 5.35. The molecule has 0 saturated carbocycles. The van der Waals surface area contributed by atoms with Crippen LogP contribution in [0.2, 0.25) is 0 Å². The minimum absolute atomic E-state index is 0.800. The number of para-hydroxylation sites is 2. The summed E-state index contributed by atoms with van der Waals surface area (Å²) >= 11 is 0. The number of aryl methyl sites for hydroxylation is 1. The van der Waals surface area contributed by atoms with Crippen molar-refractivity contribution in [2.45, 2.75) is 53.0 Å². The van der Waals surface area contributed by atoms with E-state index in [1.165, 1.54) is 47.5 Å². The molecule has 122 valence electrons. The Kier molecular flexibility index (Phi) is 5.05. The lowest BCUT2D eigenvalue weighted by molar-refractivity contribution is 0.419. The van der Waals surface area contributed by atoms with E-state index in [0.717, 1.165) is 18.4 Å². The number of rotatable bonds is 7. The molecular weight excluding hydrogens is 278 g/mol. The summed E-state index contributed by atoms with van der Waals surface area (Å²) in [5.41, 5.74) is 2.76. The van der Waals surface area contributed by atoms with Crippen molar-refractivity contribution in [1.29, 1.82) is 0 Å². The number of hydrogen-bond acceptors (Lipinski definition) is 0. The first kappa shape index (κ1) is 16.1. The first-order valence-corrected chi connectivity index (χ1v) is 9.12. The van der Waals surface area contributed by atoms with Crippen LogP contribution in [0, 0.1) is 11.8 Å². The van der Waals surface area contributed by atoms with E-state index in [1.807, 2.05) is 0 Å². The molecule has 3 aromatic rings. The fourth-order valence-electron chi connectivity index (χ4n) is 3.61. The van der Waals surface area contributed by atoms with Crippen molar-refractivity contribution in [2.24, 2.45) is 11.8 Å². The molecule has 0 fully saturated rings. The molecule has 2 aromatic carbocycles. The Labute approximate surface area is 140 Å². The second kappa shape index (κ2) is 7.21. The Morgan fingerprint density at radius 3 is 1.87 bits per heavy atom. The number of nitrogens with zero attached hydrogens (tertiary/aromatic N) is 1. The topological polar surface area (TPSA) is 4.93 Å². The molecule has 1 atom stereocenters. The van der Waals surface area contributed by atoms with Gasteiger partial charge < -0.3 is 4.57 Å². The molecule has 0 saturated heterocycles. The van der Waals surface area contributed by atoms with E-state index >= 15 is 0 Å². The highest BCUT2D eigenvalue weighted by atomic mass is 15.0. The lowest BCUT2D eigenvalue weighted by Crippen LogP contribution is -2.04. The first-order chi connectivity index (χ1) is 11.2. The SMILES string of the molecule is CC(C)CCCC(C)CCn1c2ccccc2c2ccccc21. The molecule has 0 aliphatic rings. The summed E-state index contributed by atoms with van der Waals surface area (Å²) in [6.45, 7) is 8.18. The van der Waals surface area contributed by atoms with Crippen LogP contribution in [0.4, 0.5) is 0 Å². The van der Waals surface area contributed by atoms with E-state index in [9.17, 15) is 0 Å². The molecule has 0 amide bonds. The molecule has 0 radical (unpaired) electrons. The third kappa shape index (κ3) is 3.60. The zero-order valence-corrected chi connectivity index (χ0v) is 14.8. The third-order valence-electron chi connectivity index (χ3n) is 5.00. The van der Waals surface area contributed by atoms with Gasteiger partial charge in [-0.25, -0.2) is 0 Å². The summed E-state index contributed by atoms with van der Waals surface area (Å²) in [5, 5.41) is 2.77. The van der Waals surface area contributed by atoms with Gasteiger partial charge in [0.2, 0.25) is 0 Å². The maximum Gasteiger partial charge on any atom is 0.0491 e. The van der Waals surface area contributed by atoms with Crippen LogP contribution in [0.1, 0.15) is 46.5 Å². The monoisotopic (exact) mass is 307 g/mol. The van der Waals surface area contributed by atoms with Gasteiger partial charge in [-0.2, -0.15) is 0 Å². The molecule has 1 heterocycles. The lowest BCUT2D eigenvalue weighted by Gasteiger charge is -2.14. The Morgan fingerprint density at radius 1 is 0.739 bits per heavy atom. The molecule has 0 N–H and O–H groups in total. The summed E-state index contributed by atoms with van der Waals surface area (Å²) in [5.74, 6) is 1.63. The quantitative estimate of drug-likeness (QED) is 0.460. The predicted molar refractivity (Wildman–Crippen MR) is 102 cm³/mol. The Morgan fingerprint density at radius 2 is 1.30 bits per heavy atom. The second-order valence-corrected chi connectivity index (χ2v) is 7.40. The van der Waals surface area contributed by atoms with Gasteiger partial charge in [-0.05, 0) is 30.4 Å². The van der Waals surface area contributed by atoms with E-state index in [2.05, 4.69) is 73.9 Å². The largest absolute Gasteiger partial charge is 0.340 e. The van der Waals surface area contributed by atoms with E-state index in [4.69, 9.17) is 0 Å². The second-order valence-electron chi connectivity index (χ2n) is 7.40. The lowest BCUT2D eigenvalue weighted by atomic mass is 9.97. The molecule has 1 aromatic heterocycles. The summed E-state index contributed by atoms with van der Waals surface area (Å²) in [4.78, 5) is 0. The normalized spacial score (nSPS) is 13.2. The number of aromatic nitrogens is 1. The molecule has 0 aliphatic heterocycles. The van der Waals surface area contributed by atoms with Gasteiger partial charge in [-0.3, -0.25) is 0 Å². The van der Waals surface area contributed by atoms with Crippen LogP contribution in [0.25, 0.3) is 21.8 Å². The van der Waals surface area contributed by atoms with Crippen LogP contribution in [0.3, 0.4) is 0 Å². The molecule has 1 unspecified atom stereocenters. The van der Waals surface area contributed by atoms with Gasteiger partial charge in [-0.1, -0.05) is 76.4 Å². The third-order valence-corrected chi connectivity index (χ3v) is 5.00. The van der Waals surface area contributed by atoms with Crippen molar-refractivity contribution < 1.29 is 0 Å². The highest BCUT2D eigenvalue weighted by molar-refractivity contribution is 6.07. The maximum absolute atomic E-state index is 2.52. The molecular formula is C22H29N. The van der Waals surface area contributed by atoms with Crippen molar-refractivity contribution >= 4 is 21.8 Å². The zero-order chi connectivity index (χ0) is 16.2. The molecule has 0 aliphatic carbocycles. The molecule has 0 bridgehead atoms. The summed E-state index contributed by atoms with van der Waals surface area (Å²) in [6, 6.07) is 17.6. The Balaban J connectivity index is 1.77. The number of fused-ring (bicyclic) bond motifs is 3. The van der Waals surface area contributed by atoms with Crippen LogP contribution in [-0.4, -0.2) is 4.57 Å². The summed E-state index contributed by atoms with van der Waals surface area (Å²) in [7, 11) is 0. The molecule has 23 heavy (non-hydrogen) atoms. The van der Waals surface area contributed by atoms with Crippen molar-refractivity contribution in [1.82, 2.24) is 4.57 Å². The highest BCUT2D eigenvalue weighted by Gasteiger charge is 2.10. The molecule has 1 nitrogen and oxygen atoms in total. The average molecular weight is 307 g/mol. The fraction of sp³-hybridized carbons (Fsp3) is 0.455. The fourth-order valence-corrected chi connectivity index (χ4v) is 3.61.